The van der Waals surface area contributed by atoms with Gasteiger partial charge in [0.15, 0.2) is 0 Å². The Balaban J connectivity index is 0.00000132. The van der Waals surface area contributed by atoms with E-state index in [1.807, 2.05) is 12.1 Å². The van der Waals surface area contributed by atoms with Crippen molar-refractivity contribution in [2.75, 3.05) is 19.6 Å². The first kappa shape index (κ1) is 19.3. The normalized spacial score (nSPS) is 16.9. The number of carbonyl (C=O) groups excluding carboxylic acids is 1. The van der Waals surface area contributed by atoms with Gasteiger partial charge in [0.05, 0.1) is 17.8 Å². The first-order chi connectivity index (χ1) is 10.3. The van der Waals surface area contributed by atoms with Crippen molar-refractivity contribution in [3.05, 3.63) is 59.9 Å². The van der Waals surface area contributed by atoms with Crippen molar-refractivity contribution in [1.82, 2.24) is 20.2 Å². The second-order valence-corrected chi connectivity index (χ2v) is 4.90. The molecule has 0 spiro atoms. The Kier molecular flexibility index (Phi) is 7.35. The van der Waals surface area contributed by atoms with Crippen LogP contribution in [0.1, 0.15) is 22.0 Å². The molecular formula is C15H17Cl2FN4O. The molecule has 0 saturated carbocycles. The Bertz CT molecular complexity index is 644. The first-order valence-corrected chi connectivity index (χ1v) is 6.78. The van der Waals surface area contributed by atoms with Gasteiger partial charge >= 0.3 is 0 Å². The van der Waals surface area contributed by atoms with Crippen LogP contribution in [0.2, 0.25) is 0 Å². The number of hydrogen-bond acceptors (Lipinski definition) is 4. The first-order valence-electron chi connectivity index (χ1n) is 6.78. The molecule has 1 saturated heterocycles. The molecule has 0 bridgehead atoms. The van der Waals surface area contributed by atoms with Gasteiger partial charge in [0.1, 0.15) is 5.82 Å². The molecule has 1 unspecified atom stereocenters. The van der Waals surface area contributed by atoms with Crippen molar-refractivity contribution in [1.29, 1.82) is 0 Å². The minimum Gasteiger partial charge on any atom is -0.329 e. The van der Waals surface area contributed by atoms with E-state index >= 15 is 0 Å². The number of hydrogen-bond donors (Lipinski definition) is 1. The van der Waals surface area contributed by atoms with Crippen LogP contribution in [0, 0.1) is 5.82 Å². The number of carbonyl (C=O) groups is 1. The van der Waals surface area contributed by atoms with Gasteiger partial charge in [0, 0.05) is 38.2 Å². The Morgan fingerprint density at radius 2 is 2.09 bits per heavy atom. The van der Waals surface area contributed by atoms with Gasteiger partial charge in [-0.15, -0.1) is 24.8 Å². The highest BCUT2D eigenvalue weighted by molar-refractivity contribution is 5.94. The summed E-state index contributed by atoms with van der Waals surface area (Å²) in [5.41, 5.74) is 1.23. The summed E-state index contributed by atoms with van der Waals surface area (Å²) in [5, 5.41) is 3.27. The molecule has 1 atom stereocenters. The Labute approximate surface area is 146 Å². The smallest absolute Gasteiger partial charge is 0.256 e. The van der Waals surface area contributed by atoms with Crippen LogP contribution < -0.4 is 5.32 Å². The molecule has 1 aliphatic heterocycles. The second-order valence-electron chi connectivity index (χ2n) is 4.90. The molecule has 3 heterocycles. The van der Waals surface area contributed by atoms with Crippen LogP contribution in [0.3, 0.4) is 0 Å². The fraction of sp³-hybridized carbons (Fsp3) is 0.267. The highest BCUT2D eigenvalue weighted by Gasteiger charge is 2.29. The number of pyridine rings is 2. The molecular weight excluding hydrogens is 342 g/mol. The van der Waals surface area contributed by atoms with Crippen LogP contribution in [0.5, 0.6) is 0 Å². The Morgan fingerprint density at radius 3 is 2.78 bits per heavy atom. The van der Waals surface area contributed by atoms with Gasteiger partial charge < -0.3 is 10.2 Å². The molecule has 1 N–H and O–H groups in total. The number of amides is 1. The molecule has 2 aromatic heterocycles. The van der Waals surface area contributed by atoms with E-state index in [-0.39, 0.29) is 42.3 Å². The summed E-state index contributed by atoms with van der Waals surface area (Å²) in [5.74, 6) is -0.716. The Hall–Kier alpha value is -1.76. The lowest BCUT2D eigenvalue weighted by Crippen LogP contribution is -2.48. The number of aromatic nitrogens is 2. The SMILES string of the molecule is Cl.Cl.O=C(c1cncc(F)c1)N1CCNCC1c1cccnc1. The molecule has 3 rings (SSSR count). The maximum Gasteiger partial charge on any atom is 0.256 e. The largest absolute Gasteiger partial charge is 0.329 e. The van der Waals surface area contributed by atoms with E-state index in [9.17, 15) is 9.18 Å². The summed E-state index contributed by atoms with van der Waals surface area (Å²) < 4.78 is 13.3. The number of rotatable bonds is 2. The van der Waals surface area contributed by atoms with Crippen LogP contribution in [-0.4, -0.2) is 40.4 Å². The minimum absolute atomic E-state index is 0. The number of nitrogens with one attached hydrogen (secondary N) is 1. The van der Waals surface area contributed by atoms with Gasteiger partial charge in [-0.3, -0.25) is 14.8 Å². The van der Waals surface area contributed by atoms with Gasteiger partial charge in [-0.25, -0.2) is 4.39 Å². The highest BCUT2D eigenvalue weighted by Crippen LogP contribution is 2.23. The van der Waals surface area contributed by atoms with Crippen molar-refractivity contribution in [3.63, 3.8) is 0 Å². The van der Waals surface area contributed by atoms with Crippen molar-refractivity contribution in [2.24, 2.45) is 0 Å². The highest BCUT2D eigenvalue weighted by atomic mass is 35.5. The average molecular weight is 359 g/mol. The zero-order valence-corrected chi connectivity index (χ0v) is 13.8. The van der Waals surface area contributed by atoms with E-state index < -0.39 is 5.82 Å². The molecule has 1 aliphatic rings. The maximum absolute atomic E-state index is 13.3. The molecule has 1 fully saturated rings. The quantitative estimate of drug-likeness (QED) is 0.894. The van der Waals surface area contributed by atoms with E-state index in [1.54, 1.807) is 17.3 Å². The maximum atomic E-state index is 13.3. The number of nitrogens with zero attached hydrogens (tertiary/aromatic N) is 3. The van der Waals surface area contributed by atoms with Gasteiger partial charge in [-0.05, 0) is 17.7 Å². The monoisotopic (exact) mass is 358 g/mol. The predicted molar refractivity (Wildman–Crippen MR) is 89.6 cm³/mol. The molecule has 0 aromatic carbocycles. The third kappa shape index (κ3) is 4.37. The van der Waals surface area contributed by atoms with Crippen molar-refractivity contribution in [3.8, 4) is 0 Å². The van der Waals surface area contributed by atoms with Crippen LogP contribution in [0.15, 0.2) is 43.0 Å². The lowest BCUT2D eigenvalue weighted by atomic mass is 10.0. The predicted octanol–water partition coefficient (Wildman–Crippen LogP) is 2.25. The summed E-state index contributed by atoms with van der Waals surface area (Å²) in [7, 11) is 0. The third-order valence-electron chi connectivity index (χ3n) is 3.53. The van der Waals surface area contributed by atoms with Gasteiger partial charge in [0.2, 0.25) is 0 Å². The molecule has 0 radical (unpaired) electrons. The topological polar surface area (TPSA) is 58.1 Å². The summed E-state index contributed by atoms with van der Waals surface area (Å²) >= 11 is 0. The molecule has 0 aliphatic carbocycles. The van der Waals surface area contributed by atoms with Gasteiger partial charge in [0.25, 0.3) is 5.91 Å². The summed E-state index contributed by atoms with van der Waals surface area (Å²) in [6.07, 6.45) is 5.94. The molecule has 5 nitrogen and oxygen atoms in total. The summed E-state index contributed by atoms with van der Waals surface area (Å²) in [4.78, 5) is 22.2. The fourth-order valence-corrected chi connectivity index (χ4v) is 2.51. The third-order valence-corrected chi connectivity index (χ3v) is 3.53. The van der Waals surface area contributed by atoms with E-state index in [4.69, 9.17) is 0 Å². The average Bonchev–Trinajstić information content (AvgIpc) is 2.55. The Morgan fingerprint density at radius 1 is 1.26 bits per heavy atom. The molecule has 2 aromatic rings. The lowest BCUT2D eigenvalue weighted by molar-refractivity contribution is 0.0633. The summed E-state index contributed by atoms with van der Waals surface area (Å²) in [6, 6.07) is 4.89. The molecule has 1 amide bonds. The zero-order chi connectivity index (χ0) is 14.7. The van der Waals surface area contributed by atoms with Crippen LogP contribution in [-0.2, 0) is 0 Å². The minimum atomic E-state index is -0.506. The van der Waals surface area contributed by atoms with Crippen molar-refractivity contribution < 1.29 is 9.18 Å². The second kappa shape index (κ2) is 8.76. The lowest BCUT2D eigenvalue weighted by Gasteiger charge is -2.36. The van der Waals surface area contributed by atoms with Gasteiger partial charge in [-0.1, -0.05) is 6.07 Å². The summed E-state index contributed by atoms with van der Waals surface area (Å²) in [6.45, 7) is 1.93. The van der Waals surface area contributed by atoms with Crippen LogP contribution in [0.25, 0.3) is 0 Å². The van der Waals surface area contributed by atoms with E-state index in [1.165, 1.54) is 12.3 Å². The zero-order valence-electron chi connectivity index (χ0n) is 12.2. The van der Waals surface area contributed by atoms with E-state index in [0.29, 0.717) is 19.6 Å². The molecule has 8 heteroatoms. The fourth-order valence-electron chi connectivity index (χ4n) is 2.51. The standard InChI is InChI=1S/C15H15FN4O.2ClH/c16-13-6-12(8-19-9-13)15(21)20-5-4-18-10-14(20)11-2-1-3-17-7-11;;/h1-3,6-9,14,18H,4-5,10H2;2*1H. The van der Waals surface area contributed by atoms with Gasteiger partial charge in [-0.2, -0.15) is 0 Å². The van der Waals surface area contributed by atoms with Crippen molar-refractivity contribution in [2.45, 2.75) is 6.04 Å². The van der Waals surface area contributed by atoms with E-state index in [0.717, 1.165) is 11.8 Å². The molecule has 23 heavy (non-hydrogen) atoms. The number of piperazine rings is 1. The van der Waals surface area contributed by atoms with Crippen LogP contribution in [0.4, 0.5) is 4.39 Å². The number of halogens is 3. The van der Waals surface area contributed by atoms with E-state index in [2.05, 4.69) is 15.3 Å². The molecule has 124 valence electrons. The van der Waals surface area contributed by atoms with Crippen molar-refractivity contribution >= 4 is 30.7 Å². The van der Waals surface area contributed by atoms with Crippen LogP contribution >= 0.6 is 24.8 Å².